The van der Waals surface area contributed by atoms with Gasteiger partial charge in [-0.2, -0.15) is 0 Å². The van der Waals surface area contributed by atoms with Crippen LogP contribution in [0.1, 0.15) is 44.7 Å². The zero-order chi connectivity index (χ0) is 14.7. The number of hydrogen-bond donors (Lipinski definition) is 1. The molecule has 3 heteroatoms. The van der Waals surface area contributed by atoms with Gasteiger partial charge >= 0.3 is 0 Å². The van der Waals surface area contributed by atoms with E-state index in [0.717, 1.165) is 28.9 Å². The topological polar surface area (TPSA) is 34.1 Å². The average molecular weight is 284 g/mol. The number of fused-ring (bicyclic) bond motifs is 1. The van der Waals surface area contributed by atoms with Gasteiger partial charge in [0.15, 0.2) is 0 Å². The number of hydrogen-bond acceptors (Lipinski definition) is 3. The van der Waals surface area contributed by atoms with Crippen LogP contribution in [0.2, 0.25) is 0 Å². The molecule has 112 valence electrons. The summed E-state index contributed by atoms with van der Waals surface area (Å²) in [5.74, 6) is 0.846. The summed E-state index contributed by atoms with van der Waals surface area (Å²) < 4.78 is 5.41. The van der Waals surface area contributed by atoms with Gasteiger partial charge in [-0.25, -0.2) is 4.98 Å². The number of aromatic nitrogens is 1. The lowest BCUT2D eigenvalue weighted by Crippen LogP contribution is -2.43. The molecule has 0 unspecified atom stereocenters. The Balaban J connectivity index is 1.78. The van der Waals surface area contributed by atoms with Crippen LogP contribution < -0.4 is 10.1 Å². The summed E-state index contributed by atoms with van der Waals surface area (Å²) in [6, 6.07) is 10.3. The van der Waals surface area contributed by atoms with E-state index in [1.165, 1.54) is 32.1 Å². The molecule has 1 N–H and O–H groups in total. The maximum Gasteiger partial charge on any atom is 0.145 e. The van der Waals surface area contributed by atoms with Crippen molar-refractivity contribution in [2.24, 2.45) is 0 Å². The van der Waals surface area contributed by atoms with Crippen molar-refractivity contribution < 1.29 is 4.74 Å². The van der Waals surface area contributed by atoms with Gasteiger partial charge in [0, 0.05) is 17.5 Å². The van der Waals surface area contributed by atoms with Gasteiger partial charge in [0.25, 0.3) is 0 Å². The van der Waals surface area contributed by atoms with Crippen LogP contribution in [0.5, 0.6) is 5.75 Å². The van der Waals surface area contributed by atoms with Crippen LogP contribution in [0.3, 0.4) is 0 Å². The molecule has 0 amide bonds. The lowest BCUT2D eigenvalue weighted by molar-refractivity contribution is 0.251. The van der Waals surface area contributed by atoms with Crippen LogP contribution in [0.15, 0.2) is 30.3 Å². The van der Waals surface area contributed by atoms with Gasteiger partial charge in [0.1, 0.15) is 11.3 Å². The molecule has 3 rings (SSSR count). The summed E-state index contributed by atoms with van der Waals surface area (Å²) in [4.78, 5) is 4.77. The Morgan fingerprint density at radius 3 is 2.71 bits per heavy atom. The molecule has 21 heavy (non-hydrogen) atoms. The number of para-hydroxylation sites is 1. The minimum absolute atomic E-state index is 0.273. The lowest BCUT2D eigenvalue weighted by atomic mass is 9.83. The molecule has 0 radical (unpaired) electrons. The van der Waals surface area contributed by atoms with E-state index in [0.29, 0.717) is 0 Å². The molecule has 3 nitrogen and oxygen atoms in total. The lowest BCUT2D eigenvalue weighted by Gasteiger charge is -2.34. The molecule has 0 saturated heterocycles. The van der Waals surface area contributed by atoms with Crippen LogP contribution in [-0.4, -0.2) is 17.6 Å². The van der Waals surface area contributed by atoms with E-state index in [1.54, 1.807) is 7.11 Å². The van der Waals surface area contributed by atoms with Gasteiger partial charge < -0.3 is 10.1 Å². The van der Waals surface area contributed by atoms with Gasteiger partial charge in [-0.15, -0.1) is 0 Å². The third kappa shape index (κ3) is 3.18. The smallest absolute Gasteiger partial charge is 0.145 e. The third-order valence-electron chi connectivity index (χ3n) is 4.61. The maximum atomic E-state index is 5.41. The Morgan fingerprint density at radius 2 is 1.95 bits per heavy atom. The molecule has 1 heterocycles. The van der Waals surface area contributed by atoms with Gasteiger partial charge in [0.2, 0.25) is 0 Å². The highest BCUT2D eigenvalue weighted by Crippen LogP contribution is 2.28. The molecular formula is C18H24N2O. The van der Waals surface area contributed by atoms with Crippen molar-refractivity contribution in [3.8, 4) is 5.75 Å². The Bertz CT molecular complexity index is 618. The van der Waals surface area contributed by atoms with E-state index in [9.17, 15) is 0 Å². The van der Waals surface area contributed by atoms with E-state index in [1.807, 2.05) is 12.1 Å². The van der Waals surface area contributed by atoms with Crippen LogP contribution in [0, 0.1) is 0 Å². The summed E-state index contributed by atoms with van der Waals surface area (Å²) >= 11 is 0. The molecule has 1 saturated carbocycles. The minimum atomic E-state index is 0.273. The van der Waals surface area contributed by atoms with E-state index in [2.05, 4.69) is 30.4 Å². The van der Waals surface area contributed by atoms with Crippen molar-refractivity contribution in [2.45, 2.75) is 51.1 Å². The molecule has 1 aliphatic carbocycles. The average Bonchev–Trinajstić information content (AvgIpc) is 2.53. The van der Waals surface area contributed by atoms with E-state index in [-0.39, 0.29) is 5.54 Å². The fourth-order valence-electron chi connectivity index (χ4n) is 3.24. The van der Waals surface area contributed by atoms with Crippen molar-refractivity contribution in [1.29, 1.82) is 0 Å². The van der Waals surface area contributed by atoms with Crippen molar-refractivity contribution >= 4 is 10.9 Å². The SMILES string of the molecule is COc1cccc2ccc(CNC3(C)CCCCC3)nc12. The number of rotatable bonds is 4. The van der Waals surface area contributed by atoms with Crippen LogP contribution in [-0.2, 0) is 6.54 Å². The second-order valence-corrected chi connectivity index (χ2v) is 6.31. The van der Waals surface area contributed by atoms with E-state index in [4.69, 9.17) is 9.72 Å². The predicted octanol–water partition coefficient (Wildman–Crippen LogP) is 4.06. The normalized spacial score (nSPS) is 17.8. The first-order valence-electron chi connectivity index (χ1n) is 7.88. The predicted molar refractivity (Wildman–Crippen MR) is 86.6 cm³/mol. The minimum Gasteiger partial charge on any atom is -0.494 e. The van der Waals surface area contributed by atoms with Crippen molar-refractivity contribution in [3.63, 3.8) is 0 Å². The van der Waals surface area contributed by atoms with E-state index < -0.39 is 0 Å². The molecular weight excluding hydrogens is 260 g/mol. The van der Waals surface area contributed by atoms with Crippen molar-refractivity contribution in [2.75, 3.05) is 7.11 Å². The number of benzene rings is 1. The molecule has 1 aliphatic rings. The van der Waals surface area contributed by atoms with Crippen molar-refractivity contribution in [3.05, 3.63) is 36.0 Å². The van der Waals surface area contributed by atoms with Crippen LogP contribution in [0.25, 0.3) is 10.9 Å². The van der Waals surface area contributed by atoms with Gasteiger partial charge in [-0.05, 0) is 31.9 Å². The Hall–Kier alpha value is -1.61. The van der Waals surface area contributed by atoms with Gasteiger partial charge in [0.05, 0.1) is 12.8 Å². The van der Waals surface area contributed by atoms with Gasteiger partial charge in [-0.1, -0.05) is 37.5 Å². The van der Waals surface area contributed by atoms with Crippen LogP contribution >= 0.6 is 0 Å². The Labute approximate surface area is 126 Å². The fourth-order valence-corrected chi connectivity index (χ4v) is 3.24. The number of nitrogens with one attached hydrogen (secondary N) is 1. The first-order valence-corrected chi connectivity index (χ1v) is 7.88. The molecule has 0 bridgehead atoms. The summed E-state index contributed by atoms with van der Waals surface area (Å²) in [6.07, 6.45) is 6.58. The molecule has 0 atom stereocenters. The summed E-state index contributed by atoms with van der Waals surface area (Å²) in [6.45, 7) is 3.16. The second kappa shape index (κ2) is 6.02. The molecule has 0 spiro atoms. The quantitative estimate of drug-likeness (QED) is 0.919. The third-order valence-corrected chi connectivity index (χ3v) is 4.61. The molecule has 2 aromatic rings. The number of nitrogens with zero attached hydrogens (tertiary/aromatic N) is 1. The van der Waals surface area contributed by atoms with Gasteiger partial charge in [-0.3, -0.25) is 0 Å². The standard InChI is InChI=1S/C18H24N2O/c1-18(11-4-3-5-12-18)19-13-15-10-9-14-7-6-8-16(21-2)17(14)20-15/h6-10,19H,3-5,11-13H2,1-2H3. The largest absolute Gasteiger partial charge is 0.494 e. The first kappa shape index (κ1) is 14.3. The summed E-state index contributed by atoms with van der Waals surface area (Å²) in [5.41, 5.74) is 2.31. The monoisotopic (exact) mass is 284 g/mol. The van der Waals surface area contributed by atoms with E-state index >= 15 is 0 Å². The highest BCUT2D eigenvalue weighted by Gasteiger charge is 2.25. The molecule has 1 aromatic carbocycles. The summed E-state index contributed by atoms with van der Waals surface area (Å²) in [7, 11) is 1.70. The fraction of sp³-hybridized carbons (Fsp3) is 0.500. The molecule has 1 aromatic heterocycles. The second-order valence-electron chi connectivity index (χ2n) is 6.31. The highest BCUT2D eigenvalue weighted by molar-refractivity contribution is 5.84. The summed E-state index contributed by atoms with van der Waals surface area (Å²) in [5, 5.41) is 4.84. The first-order chi connectivity index (χ1) is 10.2. The Morgan fingerprint density at radius 1 is 1.14 bits per heavy atom. The maximum absolute atomic E-state index is 5.41. The number of methoxy groups -OCH3 is 1. The molecule has 0 aliphatic heterocycles. The zero-order valence-electron chi connectivity index (χ0n) is 13.0. The number of pyridine rings is 1. The van der Waals surface area contributed by atoms with Crippen LogP contribution in [0.4, 0.5) is 0 Å². The zero-order valence-corrected chi connectivity index (χ0v) is 13.0. The molecule has 1 fully saturated rings. The highest BCUT2D eigenvalue weighted by atomic mass is 16.5. The number of ether oxygens (including phenoxy) is 1. The van der Waals surface area contributed by atoms with Crippen molar-refractivity contribution in [1.82, 2.24) is 10.3 Å². The Kier molecular flexibility index (Phi) is 4.11.